The molecule has 1 heterocycles. The van der Waals surface area contributed by atoms with E-state index < -0.39 is 0 Å². The lowest BCUT2D eigenvalue weighted by Gasteiger charge is -2.03. The predicted octanol–water partition coefficient (Wildman–Crippen LogP) is 2.73. The third kappa shape index (κ3) is 2.55. The maximum absolute atomic E-state index is 10.4. The van der Waals surface area contributed by atoms with Gasteiger partial charge < -0.3 is 4.74 Å². The minimum Gasteiger partial charge on any atom is -0.424 e. The molecule has 2 aromatic rings. The van der Waals surface area contributed by atoms with Crippen molar-refractivity contribution in [2.24, 2.45) is 0 Å². The molecule has 0 aliphatic heterocycles. The number of ether oxygens (including phenoxy) is 1. The summed E-state index contributed by atoms with van der Waals surface area (Å²) in [6.45, 7) is 0. The Labute approximate surface area is 96.9 Å². The Morgan fingerprint density at radius 3 is 2.62 bits per heavy atom. The third-order valence-electron chi connectivity index (χ3n) is 1.79. The summed E-state index contributed by atoms with van der Waals surface area (Å²) in [5.41, 5.74) is 0.401. The van der Waals surface area contributed by atoms with Crippen LogP contribution >= 0.6 is 11.6 Å². The van der Waals surface area contributed by atoms with Gasteiger partial charge in [0.15, 0.2) is 6.29 Å². The molecule has 1 aromatic carbocycles. The van der Waals surface area contributed by atoms with Crippen LogP contribution in [-0.2, 0) is 0 Å². The fourth-order valence-corrected chi connectivity index (χ4v) is 1.26. The summed E-state index contributed by atoms with van der Waals surface area (Å²) in [4.78, 5) is 18.1. The maximum atomic E-state index is 10.4. The van der Waals surface area contributed by atoms with Gasteiger partial charge in [-0.25, -0.2) is 9.97 Å². The quantitative estimate of drug-likeness (QED) is 0.767. The Bertz CT molecular complexity index is 500. The molecule has 2 rings (SSSR count). The van der Waals surface area contributed by atoms with E-state index in [0.29, 0.717) is 22.6 Å². The van der Waals surface area contributed by atoms with Crippen LogP contribution in [0.25, 0.3) is 0 Å². The molecule has 80 valence electrons. The zero-order chi connectivity index (χ0) is 11.4. The first-order valence-electron chi connectivity index (χ1n) is 4.48. The molecule has 0 amide bonds. The number of hydrogen-bond acceptors (Lipinski definition) is 4. The average Bonchev–Trinajstić information content (AvgIpc) is 2.30. The smallest absolute Gasteiger partial charge is 0.321 e. The monoisotopic (exact) mass is 234 g/mol. The summed E-state index contributed by atoms with van der Waals surface area (Å²) in [6, 6.07) is 7.07. The van der Waals surface area contributed by atoms with Crippen LogP contribution in [0.3, 0.4) is 0 Å². The third-order valence-corrected chi connectivity index (χ3v) is 2.02. The number of hydrogen-bond donors (Lipinski definition) is 0. The minimum atomic E-state index is 0.174. The molecule has 16 heavy (non-hydrogen) atoms. The predicted molar refractivity (Wildman–Crippen MR) is 58.9 cm³/mol. The molecule has 0 radical (unpaired) electrons. The van der Waals surface area contributed by atoms with Gasteiger partial charge in [-0.15, -0.1) is 0 Å². The number of carbonyl (C=O) groups excluding carboxylic acids is 1. The van der Waals surface area contributed by atoms with Gasteiger partial charge in [-0.2, -0.15) is 0 Å². The van der Waals surface area contributed by atoms with Gasteiger partial charge in [0.25, 0.3) is 0 Å². The van der Waals surface area contributed by atoms with E-state index in [1.165, 1.54) is 12.4 Å². The van der Waals surface area contributed by atoms with E-state index in [0.717, 1.165) is 0 Å². The van der Waals surface area contributed by atoms with Crippen LogP contribution in [0, 0.1) is 0 Å². The molecule has 0 unspecified atom stereocenters. The zero-order valence-corrected chi connectivity index (χ0v) is 8.89. The molecule has 0 fully saturated rings. The van der Waals surface area contributed by atoms with E-state index in [9.17, 15) is 4.79 Å². The highest BCUT2D eigenvalue weighted by molar-refractivity contribution is 6.30. The topological polar surface area (TPSA) is 52.1 Å². The molecule has 5 heteroatoms. The van der Waals surface area contributed by atoms with Crippen molar-refractivity contribution in [3.63, 3.8) is 0 Å². The van der Waals surface area contributed by atoms with Gasteiger partial charge in [0.2, 0.25) is 0 Å². The summed E-state index contributed by atoms with van der Waals surface area (Å²) in [5, 5.41) is 0.571. The summed E-state index contributed by atoms with van der Waals surface area (Å²) in [7, 11) is 0. The highest BCUT2D eigenvalue weighted by Gasteiger charge is 2.00. The van der Waals surface area contributed by atoms with Crippen LogP contribution in [0.5, 0.6) is 11.8 Å². The molecule has 0 aliphatic carbocycles. The van der Waals surface area contributed by atoms with E-state index in [-0.39, 0.29) is 6.01 Å². The molecule has 1 aromatic heterocycles. The maximum Gasteiger partial charge on any atom is 0.321 e. The SMILES string of the molecule is O=Cc1cnc(Oc2cccc(Cl)c2)nc1. The van der Waals surface area contributed by atoms with Gasteiger partial charge in [0, 0.05) is 17.4 Å². The Hall–Kier alpha value is -1.94. The lowest BCUT2D eigenvalue weighted by molar-refractivity contribution is 0.112. The first kappa shape index (κ1) is 10.6. The Balaban J connectivity index is 2.17. The van der Waals surface area contributed by atoms with Crippen LogP contribution < -0.4 is 4.74 Å². The second-order valence-corrected chi connectivity index (χ2v) is 3.41. The van der Waals surface area contributed by atoms with Crippen LogP contribution in [0.2, 0.25) is 5.02 Å². The minimum absolute atomic E-state index is 0.174. The average molecular weight is 235 g/mol. The van der Waals surface area contributed by atoms with E-state index in [4.69, 9.17) is 16.3 Å². The molecule has 0 atom stereocenters. The number of benzene rings is 1. The van der Waals surface area contributed by atoms with Crippen LogP contribution in [0.4, 0.5) is 0 Å². The zero-order valence-electron chi connectivity index (χ0n) is 8.13. The van der Waals surface area contributed by atoms with Crippen molar-refractivity contribution in [3.8, 4) is 11.8 Å². The van der Waals surface area contributed by atoms with Crippen LogP contribution in [-0.4, -0.2) is 16.3 Å². The Morgan fingerprint density at radius 2 is 2.00 bits per heavy atom. The van der Waals surface area contributed by atoms with Crippen molar-refractivity contribution >= 4 is 17.9 Å². The summed E-state index contributed by atoms with van der Waals surface area (Å²) in [6.07, 6.45) is 3.45. The molecule has 0 spiro atoms. The van der Waals surface area contributed by atoms with Gasteiger partial charge in [-0.05, 0) is 18.2 Å². The highest BCUT2D eigenvalue weighted by Crippen LogP contribution is 2.21. The van der Waals surface area contributed by atoms with E-state index in [1.807, 2.05) is 0 Å². The summed E-state index contributed by atoms with van der Waals surface area (Å²) in [5.74, 6) is 0.548. The van der Waals surface area contributed by atoms with E-state index >= 15 is 0 Å². The van der Waals surface area contributed by atoms with Crippen molar-refractivity contribution in [1.82, 2.24) is 9.97 Å². The lowest BCUT2D eigenvalue weighted by Crippen LogP contribution is -1.92. The largest absolute Gasteiger partial charge is 0.424 e. The molecule has 0 saturated heterocycles. The molecular formula is C11H7ClN2O2. The molecule has 0 saturated carbocycles. The van der Waals surface area contributed by atoms with Crippen molar-refractivity contribution in [2.75, 3.05) is 0 Å². The molecule has 4 nitrogen and oxygen atoms in total. The Kier molecular flexibility index (Phi) is 3.12. The molecule has 0 N–H and O–H groups in total. The number of rotatable bonds is 3. The second kappa shape index (κ2) is 4.72. The van der Waals surface area contributed by atoms with E-state index in [2.05, 4.69) is 9.97 Å². The Morgan fingerprint density at radius 1 is 1.25 bits per heavy atom. The molecule has 0 bridgehead atoms. The molecular weight excluding hydrogens is 228 g/mol. The van der Waals surface area contributed by atoms with Gasteiger partial charge >= 0.3 is 6.01 Å². The standard InChI is InChI=1S/C11H7ClN2O2/c12-9-2-1-3-10(4-9)16-11-13-5-8(7-15)6-14-11/h1-7H. The van der Waals surface area contributed by atoms with Crippen molar-refractivity contribution in [3.05, 3.63) is 47.2 Å². The van der Waals surface area contributed by atoms with Crippen molar-refractivity contribution < 1.29 is 9.53 Å². The van der Waals surface area contributed by atoms with Crippen LogP contribution in [0.15, 0.2) is 36.7 Å². The number of nitrogens with zero attached hydrogens (tertiary/aromatic N) is 2. The number of aromatic nitrogens is 2. The fraction of sp³-hybridized carbons (Fsp3) is 0. The first-order chi connectivity index (χ1) is 7.78. The highest BCUT2D eigenvalue weighted by atomic mass is 35.5. The number of halogens is 1. The second-order valence-electron chi connectivity index (χ2n) is 2.98. The summed E-state index contributed by atoms with van der Waals surface area (Å²) < 4.78 is 5.34. The normalized spacial score (nSPS) is 9.81. The van der Waals surface area contributed by atoms with Gasteiger partial charge in [-0.3, -0.25) is 4.79 Å². The van der Waals surface area contributed by atoms with E-state index in [1.54, 1.807) is 24.3 Å². The fourth-order valence-electron chi connectivity index (χ4n) is 1.08. The lowest BCUT2D eigenvalue weighted by atomic mass is 10.3. The molecule has 0 aliphatic rings. The first-order valence-corrected chi connectivity index (χ1v) is 4.86. The van der Waals surface area contributed by atoms with Gasteiger partial charge in [0.05, 0.1) is 5.56 Å². The number of aldehydes is 1. The van der Waals surface area contributed by atoms with Gasteiger partial charge in [0.1, 0.15) is 5.75 Å². The van der Waals surface area contributed by atoms with Crippen LogP contribution in [0.1, 0.15) is 10.4 Å². The van der Waals surface area contributed by atoms with Gasteiger partial charge in [-0.1, -0.05) is 17.7 Å². The van der Waals surface area contributed by atoms with Crippen molar-refractivity contribution in [1.29, 1.82) is 0 Å². The summed E-state index contributed by atoms with van der Waals surface area (Å²) >= 11 is 5.79. The number of carbonyl (C=O) groups is 1. The van der Waals surface area contributed by atoms with Crippen molar-refractivity contribution in [2.45, 2.75) is 0 Å².